The van der Waals surface area contributed by atoms with Gasteiger partial charge in [0, 0.05) is 5.69 Å². The average Bonchev–Trinajstić information content (AvgIpc) is 3.08. The molecule has 0 spiro atoms. The molecule has 4 rings (SSSR count). The zero-order valence-corrected chi connectivity index (χ0v) is 21.0. The van der Waals surface area contributed by atoms with E-state index in [0.717, 1.165) is 27.8 Å². The van der Waals surface area contributed by atoms with Gasteiger partial charge in [0.05, 0.1) is 24.3 Å². The molecule has 1 N–H and O–H groups in total. The summed E-state index contributed by atoms with van der Waals surface area (Å²) in [4.78, 5) is 28.4. The number of ether oxygens (including phenoxy) is 1. The monoisotopic (exact) mass is 469 g/mol. The second-order valence-corrected chi connectivity index (χ2v) is 9.49. The molecule has 3 aromatic carbocycles. The molecule has 1 saturated heterocycles. The largest absolute Gasteiger partial charge is 0.507 e. The molecule has 1 amide bonds. The smallest absolute Gasteiger partial charge is 0.300 e. The van der Waals surface area contributed by atoms with E-state index in [4.69, 9.17) is 4.74 Å². The minimum absolute atomic E-state index is 0.0526. The third kappa shape index (κ3) is 4.34. The number of methoxy groups -OCH3 is 1. The van der Waals surface area contributed by atoms with Gasteiger partial charge >= 0.3 is 0 Å². The molecule has 1 aliphatic heterocycles. The van der Waals surface area contributed by atoms with Gasteiger partial charge in [0.15, 0.2) is 0 Å². The van der Waals surface area contributed by atoms with Crippen LogP contribution in [0.15, 0.2) is 66.2 Å². The number of carbonyl (C=O) groups excluding carboxylic acids is 2. The van der Waals surface area contributed by atoms with Crippen LogP contribution in [0.3, 0.4) is 0 Å². The maximum Gasteiger partial charge on any atom is 0.300 e. The van der Waals surface area contributed by atoms with Crippen molar-refractivity contribution in [3.05, 3.63) is 99.6 Å². The number of Topliss-reactive ketones (excluding diaryl/α,β-unsaturated/α-hetero) is 1. The van der Waals surface area contributed by atoms with Crippen molar-refractivity contribution in [1.82, 2.24) is 0 Å². The van der Waals surface area contributed by atoms with Gasteiger partial charge in [-0.2, -0.15) is 0 Å². The Labute approximate surface area is 206 Å². The van der Waals surface area contributed by atoms with Gasteiger partial charge in [-0.15, -0.1) is 0 Å². The van der Waals surface area contributed by atoms with Gasteiger partial charge in [-0.25, -0.2) is 0 Å². The predicted octanol–water partition coefficient (Wildman–Crippen LogP) is 6.37. The van der Waals surface area contributed by atoms with Crippen LogP contribution in [-0.2, 0) is 9.59 Å². The molecule has 1 fully saturated rings. The lowest BCUT2D eigenvalue weighted by molar-refractivity contribution is -0.132. The molecular weight excluding hydrogens is 438 g/mol. The van der Waals surface area contributed by atoms with Crippen molar-refractivity contribution in [2.24, 2.45) is 0 Å². The molecule has 1 atom stereocenters. The number of hydrogen-bond donors (Lipinski definition) is 1. The summed E-state index contributed by atoms with van der Waals surface area (Å²) in [7, 11) is 1.53. The van der Waals surface area contributed by atoms with Crippen molar-refractivity contribution < 1.29 is 19.4 Å². The molecule has 0 aromatic heterocycles. The molecule has 0 bridgehead atoms. The minimum atomic E-state index is -0.773. The van der Waals surface area contributed by atoms with E-state index in [9.17, 15) is 14.7 Å². The second-order valence-electron chi connectivity index (χ2n) is 9.49. The van der Waals surface area contributed by atoms with Crippen LogP contribution in [0.2, 0.25) is 0 Å². The number of carbonyl (C=O) groups is 2. The number of benzene rings is 3. The third-order valence-electron chi connectivity index (χ3n) is 6.52. The van der Waals surface area contributed by atoms with Gasteiger partial charge in [0.2, 0.25) is 0 Å². The van der Waals surface area contributed by atoms with Crippen molar-refractivity contribution in [3.8, 4) is 5.75 Å². The molecule has 1 unspecified atom stereocenters. The number of hydrogen-bond acceptors (Lipinski definition) is 4. The molecule has 0 saturated carbocycles. The highest BCUT2D eigenvalue weighted by atomic mass is 16.5. The number of anilines is 1. The average molecular weight is 470 g/mol. The second kappa shape index (κ2) is 9.41. The number of amides is 1. The molecule has 35 heavy (non-hydrogen) atoms. The predicted molar refractivity (Wildman–Crippen MR) is 139 cm³/mol. The highest BCUT2D eigenvalue weighted by Gasteiger charge is 2.47. The number of aliphatic hydroxyl groups is 1. The number of nitrogens with zero attached hydrogens (tertiary/aromatic N) is 1. The molecular formula is C30H31NO4. The topological polar surface area (TPSA) is 66.8 Å². The first-order valence-electron chi connectivity index (χ1n) is 11.8. The maximum absolute atomic E-state index is 13.5. The summed E-state index contributed by atoms with van der Waals surface area (Å²) in [6.45, 7) is 9.96. The fraction of sp³-hybridized carbons (Fsp3) is 0.267. The summed E-state index contributed by atoms with van der Waals surface area (Å²) in [5.74, 6) is -0.811. The number of aryl methyl sites for hydroxylation is 3. The Morgan fingerprint density at radius 3 is 2.23 bits per heavy atom. The van der Waals surface area contributed by atoms with Gasteiger partial charge in [-0.3, -0.25) is 14.5 Å². The van der Waals surface area contributed by atoms with Crippen LogP contribution in [0.5, 0.6) is 5.75 Å². The lowest BCUT2D eigenvalue weighted by Crippen LogP contribution is -2.29. The van der Waals surface area contributed by atoms with Crippen LogP contribution >= 0.6 is 0 Å². The van der Waals surface area contributed by atoms with E-state index in [1.165, 1.54) is 12.0 Å². The first kappa shape index (κ1) is 24.3. The summed E-state index contributed by atoms with van der Waals surface area (Å²) >= 11 is 0. The zero-order valence-electron chi connectivity index (χ0n) is 21.0. The Balaban J connectivity index is 1.98. The van der Waals surface area contributed by atoms with E-state index in [1.54, 1.807) is 6.07 Å². The standard InChI is InChI=1S/C30H31NO4/c1-17(2)21-10-12-23(13-11-21)31-26(22-9-7-8-18(3)15-22)25(28(33)30(31)34)27(32)24-16-19(4)14-20(5)29(24)35-6/h7-17,26,32H,1-6H3/b27-25+. The van der Waals surface area contributed by atoms with Crippen molar-refractivity contribution >= 4 is 23.1 Å². The van der Waals surface area contributed by atoms with Crippen molar-refractivity contribution in [3.63, 3.8) is 0 Å². The molecule has 5 nitrogen and oxygen atoms in total. The molecule has 1 heterocycles. The van der Waals surface area contributed by atoms with Gasteiger partial charge in [0.25, 0.3) is 11.7 Å². The molecule has 1 aliphatic rings. The third-order valence-corrected chi connectivity index (χ3v) is 6.52. The number of aliphatic hydroxyl groups excluding tert-OH is 1. The van der Waals surface area contributed by atoms with E-state index in [2.05, 4.69) is 13.8 Å². The van der Waals surface area contributed by atoms with Crippen LogP contribution in [-0.4, -0.2) is 23.9 Å². The van der Waals surface area contributed by atoms with Crippen molar-refractivity contribution in [2.75, 3.05) is 12.0 Å². The van der Waals surface area contributed by atoms with Crippen LogP contribution in [0.1, 0.15) is 59.2 Å². The molecule has 0 radical (unpaired) electrons. The van der Waals surface area contributed by atoms with Crippen molar-refractivity contribution in [1.29, 1.82) is 0 Å². The van der Waals surface area contributed by atoms with Crippen LogP contribution in [0, 0.1) is 20.8 Å². The van der Waals surface area contributed by atoms with E-state index >= 15 is 0 Å². The zero-order chi connectivity index (χ0) is 25.4. The van der Waals surface area contributed by atoms with E-state index in [1.807, 2.05) is 75.4 Å². The SMILES string of the molecule is COc1c(C)cc(C)cc1/C(O)=C1\C(=O)C(=O)N(c2ccc(C(C)C)cc2)C1c1cccc(C)c1. The lowest BCUT2D eigenvalue weighted by atomic mass is 9.93. The lowest BCUT2D eigenvalue weighted by Gasteiger charge is -2.26. The number of rotatable bonds is 5. The normalized spacial score (nSPS) is 17.3. The first-order valence-corrected chi connectivity index (χ1v) is 11.8. The highest BCUT2D eigenvalue weighted by Crippen LogP contribution is 2.44. The van der Waals surface area contributed by atoms with Crippen LogP contribution in [0.4, 0.5) is 5.69 Å². The van der Waals surface area contributed by atoms with Gasteiger partial charge in [-0.05, 0) is 67.1 Å². The number of ketones is 1. The van der Waals surface area contributed by atoms with E-state index in [0.29, 0.717) is 22.9 Å². The van der Waals surface area contributed by atoms with Crippen LogP contribution in [0.25, 0.3) is 5.76 Å². The Hall–Kier alpha value is -3.86. The highest BCUT2D eigenvalue weighted by molar-refractivity contribution is 6.51. The Morgan fingerprint density at radius 2 is 1.63 bits per heavy atom. The minimum Gasteiger partial charge on any atom is -0.507 e. The molecule has 3 aromatic rings. The van der Waals surface area contributed by atoms with E-state index < -0.39 is 17.7 Å². The van der Waals surface area contributed by atoms with Gasteiger partial charge < -0.3 is 9.84 Å². The Morgan fingerprint density at radius 1 is 0.943 bits per heavy atom. The Kier molecular flexibility index (Phi) is 6.53. The molecule has 0 aliphatic carbocycles. The fourth-order valence-corrected chi connectivity index (χ4v) is 4.82. The summed E-state index contributed by atoms with van der Waals surface area (Å²) in [6.07, 6.45) is 0. The summed E-state index contributed by atoms with van der Waals surface area (Å²) < 4.78 is 5.58. The molecule has 5 heteroatoms. The summed E-state index contributed by atoms with van der Waals surface area (Å²) in [5.41, 5.74) is 5.68. The van der Waals surface area contributed by atoms with Crippen molar-refractivity contribution in [2.45, 2.75) is 46.6 Å². The summed E-state index contributed by atoms with van der Waals surface area (Å²) in [5, 5.41) is 11.6. The first-order chi connectivity index (χ1) is 16.6. The van der Waals surface area contributed by atoms with Crippen LogP contribution < -0.4 is 9.64 Å². The van der Waals surface area contributed by atoms with Gasteiger partial charge in [0.1, 0.15) is 11.5 Å². The fourth-order valence-electron chi connectivity index (χ4n) is 4.82. The summed E-state index contributed by atoms with van der Waals surface area (Å²) in [6, 6.07) is 18.3. The quantitative estimate of drug-likeness (QED) is 0.268. The molecule has 180 valence electrons. The van der Waals surface area contributed by atoms with E-state index in [-0.39, 0.29) is 11.3 Å². The Bertz CT molecular complexity index is 1330. The van der Waals surface area contributed by atoms with Gasteiger partial charge in [-0.1, -0.05) is 61.9 Å². The maximum atomic E-state index is 13.5.